The van der Waals surface area contributed by atoms with Gasteiger partial charge >= 0.3 is 5.69 Å². The summed E-state index contributed by atoms with van der Waals surface area (Å²) in [4.78, 5) is 25.4. The van der Waals surface area contributed by atoms with E-state index in [-0.39, 0.29) is 11.2 Å². The summed E-state index contributed by atoms with van der Waals surface area (Å²) in [6.45, 7) is 2.17. The van der Waals surface area contributed by atoms with Crippen LogP contribution in [0.25, 0.3) is 10.1 Å². The minimum absolute atomic E-state index is 0.323. The van der Waals surface area contributed by atoms with Crippen molar-refractivity contribution in [1.29, 1.82) is 0 Å². The molecule has 3 aromatic rings. The molecule has 0 spiro atoms. The molecule has 4 nitrogen and oxygen atoms in total. The first-order valence-electron chi connectivity index (χ1n) is 5.90. The monoisotopic (exact) mass is 272 g/mol. The van der Waals surface area contributed by atoms with Crippen LogP contribution in [0.3, 0.4) is 0 Å². The molecule has 19 heavy (non-hydrogen) atoms. The number of nitrogens with zero attached hydrogens (tertiary/aromatic N) is 1. The van der Waals surface area contributed by atoms with Crippen LogP contribution in [0.15, 0.2) is 45.4 Å². The van der Waals surface area contributed by atoms with Crippen LogP contribution < -0.4 is 11.2 Å². The molecule has 0 saturated heterocycles. The molecular formula is C14H12N2O2S. The zero-order chi connectivity index (χ0) is 13.4. The highest BCUT2D eigenvalue weighted by molar-refractivity contribution is 7.17. The summed E-state index contributed by atoms with van der Waals surface area (Å²) in [5.74, 6) is 0. The van der Waals surface area contributed by atoms with Gasteiger partial charge in [0.05, 0.1) is 6.54 Å². The van der Waals surface area contributed by atoms with Gasteiger partial charge in [-0.2, -0.15) is 0 Å². The molecule has 2 aromatic heterocycles. The Hall–Kier alpha value is -2.14. The number of aromatic amines is 1. The van der Waals surface area contributed by atoms with Gasteiger partial charge in [0.25, 0.3) is 5.56 Å². The number of aryl methyl sites for hydroxylation is 1. The lowest BCUT2D eigenvalue weighted by molar-refractivity contribution is 0.718. The Balaban J connectivity index is 2.09. The van der Waals surface area contributed by atoms with E-state index in [1.165, 1.54) is 9.27 Å². The van der Waals surface area contributed by atoms with Gasteiger partial charge in [-0.3, -0.25) is 14.3 Å². The van der Waals surface area contributed by atoms with Crippen LogP contribution in [-0.4, -0.2) is 9.55 Å². The van der Waals surface area contributed by atoms with Crippen molar-refractivity contribution in [3.63, 3.8) is 0 Å². The van der Waals surface area contributed by atoms with E-state index in [0.29, 0.717) is 12.1 Å². The fourth-order valence-corrected chi connectivity index (χ4v) is 3.03. The summed E-state index contributed by atoms with van der Waals surface area (Å²) in [5.41, 5.74) is 0.940. The molecule has 0 amide bonds. The summed E-state index contributed by atoms with van der Waals surface area (Å²) in [5, 5.41) is 3.21. The first kappa shape index (κ1) is 11.9. The van der Waals surface area contributed by atoms with Crippen molar-refractivity contribution in [2.75, 3.05) is 0 Å². The predicted molar refractivity (Wildman–Crippen MR) is 77.0 cm³/mol. The Bertz CT molecular complexity index is 857. The number of fused-ring (bicyclic) bond motifs is 1. The Kier molecular flexibility index (Phi) is 2.83. The molecule has 96 valence electrons. The predicted octanol–water partition coefficient (Wildman–Crippen LogP) is 2.11. The minimum Gasteiger partial charge on any atom is -0.296 e. The molecule has 0 unspecified atom stereocenters. The smallest absolute Gasteiger partial charge is 0.296 e. The van der Waals surface area contributed by atoms with Crippen molar-refractivity contribution in [3.05, 3.63) is 67.8 Å². The number of aromatic nitrogens is 2. The number of benzene rings is 1. The van der Waals surface area contributed by atoms with E-state index in [1.54, 1.807) is 24.5 Å². The van der Waals surface area contributed by atoms with Gasteiger partial charge in [-0.15, -0.1) is 11.3 Å². The van der Waals surface area contributed by atoms with Crippen molar-refractivity contribution in [2.45, 2.75) is 13.5 Å². The second-order valence-electron chi connectivity index (χ2n) is 4.46. The third-order valence-corrected chi connectivity index (χ3v) is 4.10. The lowest BCUT2D eigenvalue weighted by Gasteiger charge is -2.05. The van der Waals surface area contributed by atoms with Crippen LogP contribution in [0.1, 0.15) is 11.1 Å². The normalized spacial score (nSPS) is 11.0. The molecule has 0 bridgehead atoms. The fourth-order valence-electron chi connectivity index (χ4n) is 2.07. The maximum Gasteiger partial charge on any atom is 0.328 e. The summed E-state index contributed by atoms with van der Waals surface area (Å²) < 4.78 is 2.73. The third kappa shape index (κ3) is 2.13. The van der Waals surface area contributed by atoms with E-state index in [1.807, 2.05) is 18.2 Å². The van der Waals surface area contributed by atoms with Crippen LogP contribution in [0, 0.1) is 6.92 Å². The van der Waals surface area contributed by atoms with Gasteiger partial charge in [-0.25, -0.2) is 4.79 Å². The molecular weight excluding hydrogens is 260 g/mol. The molecule has 0 saturated carbocycles. The van der Waals surface area contributed by atoms with Crippen LogP contribution in [0.4, 0.5) is 0 Å². The average molecular weight is 272 g/mol. The Morgan fingerprint density at radius 2 is 2.05 bits per heavy atom. The van der Waals surface area contributed by atoms with Crippen LogP contribution >= 0.6 is 11.3 Å². The maximum atomic E-state index is 11.8. The van der Waals surface area contributed by atoms with E-state index < -0.39 is 0 Å². The van der Waals surface area contributed by atoms with Gasteiger partial charge in [0.2, 0.25) is 0 Å². The van der Waals surface area contributed by atoms with Gasteiger partial charge in [0.1, 0.15) is 0 Å². The molecule has 0 fully saturated rings. The van der Waals surface area contributed by atoms with Crippen molar-refractivity contribution in [1.82, 2.24) is 9.55 Å². The van der Waals surface area contributed by atoms with E-state index >= 15 is 0 Å². The van der Waals surface area contributed by atoms with Crippen molar-refractivity contribution >= 4 is 21.4 Å². The van der Waals surface area contributed by atoms with Gasteiger partial charge in [0.15, 0.2) is 0 Å². The number of hydrogen-bond acceptors (Lipinski definition) is 3. The van der Waals surface area contributed by atoms with Crippen molar-refractivity contribution < 1.29 is 0 Å². The summed E-state index contributed by atoms with van der Waals surface area (Å²) in [6.07, 6.45) is 1.60. The molecule has 0 aliphatic heterocycles. The van der Waals surface area contributed by atoms with E-state index in [4.69, 9.17) is 0 Å². The standard InChI is InChI=1S/C14H12N2O2S/c1-9-6-16(14(18)15-13(9)17)7-10-8-19-12-5-3-2-4-11(10)12/h2-6,8H,7H2,1H3,(H,15,17,18). The highest BCUT2D eigenvalue weighted by Crippen LogP contribution is 2.25. The van der Waals surface area contributed by atoms with Crippen LogP contribution in [-0.2, 0) is 6.54 Å². The number of H-pyrrole nitrogens is 1. The number of thiophene rings is 1. The van der Waals surface area contributed by atoms with Crippen molar-refractivity contribution in [3.8, 4) is 0 Å². The quantitative estimate of drug-likeness (QED) is 0.776. The van der Waals surface area contributed by atoms with Crippen LogP contribution in [0.2, 0.25) is 0 Å². The zero-order valence-electron chi connectivity index (χ0n) is 10.3. The summed E-state index contributed by atoms with van der Waals surface area (Å²) >= 11 is 1.66. The minimum atomic E-state index is -0.370. The van der Waals surface area contributed by atoms with E-state index in [2.05, 4.69) is 16.4 Å². The SMILES string of the molecule is Cc1cn(Cc2csc3ccccc23)c(=O)[nH]c1=O. The zero-order valence-corrected chi connectivity index (χ0v) is 11.2. The first-order valence-corrected chi connectivity index (χ1v) is 6.78. The third-order valence-electron chi connectivity index (χ3n) is 3.09. The molecule has 2 heterocycles. The molecule has 3 rings (SSSR count). The summed E-state index contributed by atoms with van der Waals surface area (Å²) in [7, 11) is 0. The average Bonchev–Trinajstić information content (AvgIpc) is 2.80. The largest absolute Gasteiger partial charge is 0.328 e. The van der Waals surface area contributed by atoms with E-state index in [9.17, 15) is 9.59 Å². The molecule has 1 N–H and O–H groups in total. The lowest BCUT2D eigenvalue weighted by atomic mass is 10.2. The number of nitrogens with one attached hydrogen (secondary N) is 1. The van der Waals surface area contributed by atoms with Crippen molar-refractivity contribution in [2.24, 2.45) is 0 Å². The topological polar surface area (TPSA) is 54.9 Å². The molecule has 0 atom stereocenters. The molecule has 5 heteroatoms. The van der Waals surface area contributed by atoms with Gasteiger partial charge < -0.3 is 0 Å². The van der Waals surface area contributed by atoms with Gasteiger partial charge in [0, 0.05) is 16.5 Å². The second kappa shape index (κ2) is 4.51. The Morgan fingerprint density at radius 1 is 1.26 bits per heavy atom. The van der Waals surface area contributed by atoms with E-state index in [0.717, 1.165) is 10.9 Å². The van der Waals surface area contributed by atoms with Gasteiger partial charge in [-0.05, 0) is 29.3 Å². The fraction of sp³-hybridized carbons (Fsp3) is 0.143. The number of hydrogen-bond donors (Lipinski definition) is 1. The molecule has 0 radical (unpaired) electrons. The first-order chi connectivity index (χ1) is 9.15. The van der Waals surface area contributed by atoms with Crippen LogP contribution in [0.5, 0.6) is 0 Å². The highest BCUT2D eigenvalue weighted by atomic mass is 32.1. The highest BCUT2D eigenvalue weighted by Gasteiger charge is 2.06. The summed E-state index contributed by atoms with van der Waals surface area (Å²) in [6, 6.07) is 8.09. The molecule has 0 aliphatic carbocycles. The maximum absolute atomic E-state index is 11.8. The number of rotatable bonds is 2. The Labute approximate surface area is 113 Å². The molecule has 1 aromatic carbocycles. The Morgan fingerprint density at radius 3 is 2.89 bits per heavy atom. The lowest BCUT2D eigenvalue weighted by Crippen LogP contribution is -2.30. The second-order valence-corrected chi connectivity index (χ2v) is 5.37. The van der Waals surface area contributed by atoms with Gasteiger partial charge in [-0.1, -0.05) is 18.2 Å². The molecule has 0 aliphatic rings.